The van der Waals surface area contributed by atoms with Gasteiger partial charge in [-0.2, -0.15) is 0 Å². The molecule has 0 saturated carbocycles. The summed E-state index contributed by atoms with van der Waals surface area (Å²) in [5, 5.41) is 12.5. The molecule has 0 fully saturated rings. The maximum atomic E-state index is 12.1. The van der Waals surface area contributed by atoms with E-state index in [4.69, 9.17) is 5.73 Å². The Balaban J connectivity index is 3.06. The Hall–Kier alpha value is -1.31. The maximum absolute atomic E-state index is 12.1. The van der Waals surface area contributed by atoms with Crippen molar-refractivity contribution in [3.63, 3.8) is 0 Å². The molecule has 0 aliphatic heterocycles. The van der Waals surface area contributed by atoms with Crippen LogP contribution in [0, 0.1) is 0 Å². The first-order valence-electron chi connectivity index (χ1n) is 6.03. The zero-order valence-electron chi connectivity index (χ0n) is 11.4. The van der Waals surface area contributed by atoms with Crippen molar-refractivity contribution in [2.24, 2.45) is 0 Å². The zero-order valence-corrected chi connectivity index (χ0v) is 12.2. The highest BCUT2D eigenvalue weighted by molar-refractivity contribution is 7.89. The van der Waals surface area contributed by atoms with Crippen LogP contribution in [0.3, 0.4) is 0 Å². The SMILES string of the molecule is CCC(O)CNc1cccc(S(=O)(=O)N(C)C)c1N. The van der Waals surface area contributed by atoms with E-state index in [0.29, 0.717) is 18.7 Å². The molecule has 4 N–H and O–H groups in total. The molecule has 0 saturated heterocycles. The van der Waals surface area contributed by atoms with Gasteiger partial charge in [-0.3, -0.25) is 0 Å². The van der Waals surface area contributed by atoms with Crippen LogP contribution >= 0.6 is 0 Å². The monoisotopic (exact) mass is 287 g/mol. The van der Waals surface area contributed by atoms with E-state index < -0.39 is 16.1 Å². The van der Waals surface area contributed by atoms with E-state index in [-0.39, 0.29) is 10.6 Å². The van der Waals surface area contributed by atoms with Crippen LogP contribution in [0.4, 0.5) is 11.4 Å². The Morgan fingerprint density at radius 2 is 2.05 bits per heavy atom. The number of hydrogen-bond acceptors (Lipinski definition) is 5. The van der Waals surface area contributed by atoms with Crippen molar-refractivity contribution in [1.82, 2.24) is 4.31 Å². The third-order valence-electron chi connectivity index (χ3n) is 2.82. The number of aliphatic hydroxyl groups excluding tert-OH is 1. The van der Waals surface area contributed by atoms with E-state index in [0.717, 1.165) is 4.31 Å². The number of hydrogen-bond donors (Lipinski definition) is 3. The molecule has 1 unspecified atom stereocenters. The minimum atomic E-state index is -3.57. The fourth-order valence-electron chi connectivity index (χ4n) is 1.49. The molecule has 1 aromatic carbocycles. The number of nitrogens with zero attached hydrogens (tertiary/aromatic N) is 1. The molecule has 108 valence electrons. The van der Waals surface area contributed by atoms with Crippen molar-refractivity contribution in [1.29, 1.82) is 0 Å². The average molecular weight is 287 g/mol. The Bertz CT molecular complexity index is 529. The van der Waals surface area contributed by atoms with Gasteiger partial charge in [-0.15, -0.1) is 0 Å². The van der Waals surface area contributed by atoms with E-state index >= 15 is 0 Å². The second-order valence-electron chi connectivity index (χ2n) is 4.45. The molecule has 0 heterocycles. The van der Waals surface area contributed by atoms with E-state index in [9.17, 15) is 13.5 Å². The first-order valence-corrected chi connectivity index (χ1v) is 7.47. The summed E-state index contributed by atoms with van der Waals surface area (Å²) in [6, 6.07) is 4.77. The van der Waals surface area contributed by atoms with Crippen LogP contribution in [0.1, 0.15) is 13.3 Å². The van der Waals surface area contributed by atoms with Gasteiger partial charge in [-0.25, -0.2) is 12.7 Å². The van der Waals surface area contributed by atoms with Gasteiger partial charge in [-0.1, -0.05) is 13.0 Å². The molecular formula is C12H21N3O3S. The molecular weight excluding hydrogens is 266 g/mol. The van der Waals surface area contributed by atoms with Crippen LogP contribution in [-0.2, 0) is 10.0 Å². The van der Waals surface area contributed by atoms with Crippen molar-refractivity contribution in [3.05, 3.63) is 18.2 Å². The summed E-state index contributed by atoms with van der Waals surface area (Å²) in [5.74, 6) is 0. The summed E-state index contributed by atoms with van der Waals surface area (Å²) in [6.07, 6.45) is 0.122. The van der Waals surface area contributed by atoms with Gasteiger partial charge >= 0.3 is 0 Å². The van der Waals surface area contributed by atoms with Crippen LogP contribution in [-0.4, -0.2) is 44.6 Å². The second kappa shape index (κ2) is 6.23. The number of para-hydroxylation sites is 1. The standard InChI is InChI=1S/C12H21N3O3S/c1-4-9(16)8-14-10-6-5-7-11(12(10)13)19(17,18)15(2)3/h5-7,9,14,16H,4,8,13H2,1-3H3. The molecule has 19 heavy (non-hydrogen) atoms. The lowest BCUT2D eigenvalue weighted by molar-refractivity contribution is 0.183. The molecule has 1 rings (SSSR count). The van der Waals surface area contributed by atoms with Gasteiger partial charge in [0.05, 0.1) is 17.5 Å². The lowest BCUT2D eigenvalue weighted by Gasteiger charge is -2.17. The van der Waals surface area contributed by atoms with Gasteiger partial charge in [-0.05, 0) is 18.6 Å². The highest BCUT2D eigenvalue weighted by Gasteiger charge is 2.21. The molecule has 7 heteroatoms. The first kappa shape index (κ1) is 15.7. The molecule has 0 bridgehead atoms. The topological polar surface area (TPSA) is 95.7 Å². The normalized spacial score (nSPS) is 13.5. The van der Waals surface area contributed by atoms with Gasteiger partial charge in [0.2, 0.25) is 10.0 Å². The number of anilines is 2. The summed E-state index contributed by atoms with van der Waals surface area (Å²) in [5.41, 5.74) is 6.56. The molecule has 1 atom stereocenters. The third kappa shape index (κ3) is 3.59. The molecule has 0 amide bonds. The predicted octanol–water partition coefficient (Wildman–Crippen LogP) is 0.702. The number of sulfonamides is 1. The minimum absolute atomic E-state index is 0.0634. The molecule has 6 nitrogen and oxygen atoms in total. The average Bonchev–Trinajstić information content (AvgIpc) is 2.36. The highest BCUT2D eigenvalue weighted by atomic mass is 32.2. The van der Waals surface area contributed by atoms with Crippen molar-refractivity contribution >= 4 is 21.4 Å². The molecule has 0 radical (unpaired) electrons. The largest absolute Gasteiger partial charge is 0.396 e. The summed E-state index contributed by atoms with van der Waals surface area (Å²) in [6.45, 7) is 2.19. The summed E-state index contributed by atoms with van der Waals surface area (Å²) in [4.78, 5) is 0.0634. The number of nitrogens with one attached hydrogen (secondary N) is 1. The van der Waals surface area contributed by atoms with Crippen molar-refractivity contribution in [2.75, 3.05) is 31.7 Å². The van der Waals surface area contributed by atoms with E-state index in [2.05, 4.69) is 5.32 Å². The fraction of sp³-hybridized carbons (Fsp3) is 0.500. The Morgan fingerprint density at radius 3 is 2.58 bits per heavy atom. The van der Waals surface area contributed by atoms with E-state index in [1.165, 1.54) is 20.2 Å². The van der Waals surface area contributed by atoms with Crippen molar-refractivity contribution < 1.29 is 13.5 Å². The Kier molecular flexibility index (Phi) is 5.16. The number of aliphatic hydroxyl groups is 1. The van der Waals surface area contributed by atoms with Crippen molar-refractivity contribution in [2.45, 2.75) is 24.3 Å². The van der Waals surface area contributed by atoms with Crippen LogP contribution < -0.4 is 11.1 Å². The van der Waals surface area contributed by atoms with Crippen LogP contribution in [0.5, 0.6) is 0 Å². The number of nitrogen functional groups attached to an aromatic ring is 1. The summed E-state index contributed by atoms with van der Waals surface area (Å²) < 4.78 is 25.3. The smallest absolute Gasteiger partial charge is 0.244 e. The fourth-order valence-corrected chi connectivity index (χ4v) is 2.52. The number of benzene rings is 1. The first-order chi connectivity index (χ1) is 8.80. The highest BCUT2D eigenvalue weighted by Crippen LogP contribution is 2.28. The summed E-state index contributed by atoms with van der Waals surface area (Å²) in [7, 11) is -0.660. The summed E-state index contributed by atoms with van der Waals surface area (Å²) >= 11 is 0. The third-order valence-corrected chi connectivity index (χ3v) is 4.70. The molecule has 0 aliphatic carbocycles. The Morgan fingerprint density at radius 1 is 1.42 bits per heavy atom. The lowest BCUT2D eigenvalue weighted by atomic mass is 10.2. The van der Waals surface area contributed by atoms with Crippen LogP contribution in [0.15, 0.2) is 23.1 Å². The maximum Gasteiger partial charge on any atom is 0.244 e. The van der Waals surface area contributed by atoms with Crippen molar-refractivity contribution in [3.8, 4) is 0 Å². The zero-order chi connectivity index (χ0) is 14.6. The quantitative estimate of drug-likeness (QED) is 0.669. The van der Waals surface area contributed by atoms with Gasteiger partial charge in [0, 0.05) is 20.6 Å². The van der Waals surface area contributed by atoms with Gasteiger partial charge in [0.15, 0.2) is 0 Å². The Labute approximate surface area is 114 Å². The second-order valence-corrected chi connectivity index (χ2v) is 6.57. The molecule has 0 aromatic heterocycles. The molecule has 0 spiro atoms. The van der Waals surface area contributed by atoms with Crippen LogP contribution in [0.25, 0.3) is 0 Å². The molecule has 1 aromatic rings. The lowest BCUT2D eigenvalue weighted by Crippen LogP contribution is -2.24. The van der Waals surface area contributed by atoms with Crippen LogP contribution in [0.2, 0.25) is 0 Å². The number of nitrogens with two attached hydrogens (primary N) is 1. The van der Waals surface area contributed by atoms with E-state index in [1.807, 2.05) is 6.92 Å². The predicted molar refractivity (Wildman–Crippen MR) is 76.5 cm³/mol. The van der Waals surface area contributed by atoms with Gasteiger partial charge < -0.3 is 16.2 Å². The van der Waals surface area contributed by atoms with Gasteiger partial charge in [0.25, 0.3) is 0 Å². The molecule has 0 aliphatic rings. The van der Waals surface area contributed by atoms with Gasteiger partial charge in [0.1, 0.15) is 4.90 Å². The van der Waals surface area contributed by atoms with E-state index in [1.54, 1.807) is 12.1 Å². The minimum Gasteiger partial charge on any atom is -0.396 e. The number of rotatable bonds is 6.